The first-order valence-electron chi connectivity index (χ1n) is 7.17. The molecule has 0 saturated heterocycles. The summed E-state index contributed by atoms with van der Waals surface area (Å²) < 4.78 is 7.06. The van der Waals surface area contributed by atoms with E-state index in [0.717, 1.165) is 42.7 Å². The molecule has 0 unspecified atom stereocenters. The van der Waals surface area contributed by atoms with Crippen LogP contribution in [0.25, 0.3) is 37.7 Å². The van der Waals surface area contributed by atoms with E-state index in [2.05, 4.69) is 12.1 Å². The van der Waals surface area contributed by atoms with Gasteiger partial charge in [-0.1, -0.05) is 17.7 Å². The van der Waals surface area contributed by atoms with Crippen LogP contribution in [-0.2, 0) is 0 Å². The van der Waals surface area contributed by atoms with Gasteiger partial charge in [-0.2, -0.15) is 0 Å². The maximum Gasteiger partial charge on any atom is 0.151 e. The van der Waals surface area contributed by atoms with Crippen molar-refractivity contribution in [1.82, 2.24) is 4.98 Å². The Balaban J connectivity index is 1.81. The maximum atomic E-state index is 6.35. The Labute approximate surface area is 141 Å². The SMILES string of the molecule is Clc1cccc2oc3cc4nc(C5=CC=[C+]C=C5)sc4cc3c12. The van der Waals surface area contributed by atoms with Crippen molar-refractivity contribution in [2.75, 3.05) is 0 Å². The van der Waals surface area contributed by atoms with E-state index >= 15 is 0 Å². The normalized spacial score (nSPS) is 13.9. The van der Waals surface area contributed by atoms with Crippen LogP contribution in [0.1, 0.15) is 5.01 Å². The van der Waals surface area contributed by atoms with Gasteiger partial charge in [0.05, 0.1) is 27.4 Å². The summed E-state index contributed by atoms with van der Waals surface area (Å²) >= 11 is 8.03. The molecule has 0 saturated carbocycles. The second-order valence-electron chi connectivity index (χ2n) is 5.34. The molecule has 0 bridgehead atoms. The van der Waals surface area contributed by atoms with Gasteiger partial charge in [-0.3, -0.25) is 0 Å². The molecule has 2 aromatic heterocycles. The smallest absolute Gasteiger partial charge is 0.151 e. The lowest BCUT2D eigenvalue weighted by molar-refractivity contribution is 0.669. The second kappa shape index (κ2) is 4.77. The van der Waals surface area contributed by atoms with E-state index in [-0.39, 0.29) is 0 Å². The summed E-state index contributed by atoms with van der Waals surface area (Å²) in [5.41, 5.74) is 3.67. The zero-order chi connectivity index (χ0) is 15.4. The third kappa shape index (κ3) is 1.95. The number of thiazole rings is 1. The van der Waals surface area contributed by atoms with Crippen LogP contribution in [0.3, 0.4) is 0 Å². The Hall–Kier alpha value is -2.45. The molecule has 5 rings (SSSR count). The highest BCUT2D eigenvalue weighted by atomic mass is 35.5. The van der Waals surface area contributed by atoms with Gasteiger partial charge in [0.2, 0.25) is 0 Å². The number of hydrogen-bond donors (Lipinski definition) is 0. The van der Waals surface area contributed by atoms with Crippen molar-refractivity contribution >= 4 is 60.7 Å². The molecule has 0 amide bonds. The van der Waals surface area contributed by atoms with Crippen LogP contribution in [0.5, 0.6) is 0 Å². The van der Waals surface area contributed by atoms with Crippen molar-refractivity contribution < 1.29 is 4.42 Å². The Kier molecular flexibility index (Phi) is 2.70. The molecule has 0 fully saturated rings. The highest BCUT2D eigenvalue weighted by Crippen LogP contribution is 2.38. The van der Waals surface area contributed by atoms with Crippen molar-refractivity contribution in [3.05, 3.63) is 70.7 Å². The molecule has 2 heterocycles. The molecule has 1 aliphatic rings. The number of nitrogens with zero attached hydrogens (tertiary/aromatic N) is 1. The lowest BCUT2D eigenvalue weighted by atomic mass is 10.1. The van der Waals surface area contributed by atoms with E-state index in [4.69, 9.17) is 21.0 Å². The van der Waals surface area contributed by atoms with Crippen LogP contribution >= 0.6 is 22.9 Å². The first-order valence-corrected chi connectivity index (χ1v) is 8.37. The highest BCUT2D eigenvalue weighted by molar-refractivity contribution is 7.19. The van der Waals surface area contributed by atoms with Gasteiger partial charge in [-0.15, -0.1) is 11.3 Å². The van der Waals surface area contributed by atoms with E-state index in [0.29, 0.717) is 5.02 Å². The minimum absolute atomic E-state index is 0.712. The van der Waals surface area contributed by atoms with Crippen LogP contribution in [0.4, 0.5) is 0 Å². The number of fused-ring (bicyclic) bond motifs is 4. The molecule has 2 aromatic carbocycles. The van der Waals surface area contributed by atoms with Gasteiger partial charge in [0.15, 0.2) is 5.01 Å². The molecule has 0 atom stereocenters. The fourth-order valence-electron chi connectivity index (χ4n) is 2.86. The fourth-order valence-corrected chi connectivity index (χ4v) is 4.12. The molecule has 4 aromatic rings. The van der Waals surface area contributed by atoms with Crippen LogP contribution < -0.4 is 0 Å². The van der Waals surface area contributed by atoms with Gasteiger partial charge in [0.25, 0.3) is 0 Å². The van der Waals surface area contributed by atoms with E-state index in [9.17, 15) is 0 Å². The molecule has 0 N–H and O–H groups in total. The standard InChI is InChI=1S/C19H9ClNOS/c20-13-7-4-8-15-18(13)12-9-17-14(10-16(12)22-15)21-19(23-17)11-5-2-1-3-6-11/h2-10H/q+1. The van der Waals surface area contributed by atoms with Gasteiger partial charge < -0.3 is 4.42 Å². The first-order chi connectivity index (χ1) is 11.3. The minimum Gasteiger partial charge on any atom is -0.456 e. The number of benzene rings is 2. The number of hydrogen-bond acceptors (Lipinski definition) is 3. The van der Waals surface area contributed by atoms with Crippen LogP contribution in [0, 0.1) is 6.08 Å². The van der Waals surface area contributed by atoms with Gasteiger partial charge in [0.1, 0.15) is 28.9 Å². The summed E-state index contributed by atoms with van der Waals surface area (Å²) in [4.78, 5) is 4.74. The molecular weight excluding hydrogens is 326 g/mol. The van der Waals surface area contributed by atoms with E-state index in [1.807, 2.05) is 48.6 Å². The van der Waals surface area contributed by atoms with Gasteiger partial charge in [-0.05, 0) is 18.2 Å². The Morgan fingerprint density at radius 2 is 2.13 bits per heavy atom. The second-order valence-corrected chi connectivity index (χ2v) is 6.78. The Bertz CT molecular complexity index is 1180. The number of allylic oxidation sites excluding steroid dienone is 6. The molecule has 1 aliphatic carbocycles. The third-order valence-corrected chi connectivity index (χ3v) is 5.30. The quantitative estimate of drug-likeness (QED) is 0.389. The zero-order valence-corrected chi connectivity index (χ0v) is 13.4. The highest BCUT2D eigenvalue weighted by Gasteiger charge is 2.16. The molecule has 4 heteroatoms. The third-order valence-electron chi connectivity index (χ3n) is 3.92. The lowest BCUT2D eigenvalue weighted by Crippen LogP contribution is -1.80. The monoisotopic (exact) mass is 334 g/mol. The molecule has 23 heavy (non-hydrogen) atoms. The summed E-state index contributed by atoms with van der Waals surface area (Å²) in [6.45, 7) is 0. The molecule has 0 spiro atoms. The maximum absolute atomic E-state index is 6.35. The van der Waals surface area contributed by atoms with Gasteiger partial charge >= 0.3 is 0 Å². The van der Waals surface area contributed by atoms with Crippen LogP contribution in [0.2, 0.25) is 5.02 Å². The number of aromatic nitrogens is 1. The van der Waals surface area contributed by atoms with E-state index in [1.165, 1.54) is 0 Å². The largest absolute Gasteiger partial charge is 0.456 e. The molecule has 108 valence electrons. The van der Waals surface area contributed by atoms with Crippen molar-refractivity contribution in [3.63, 3.8) is 0 Å². The molecule has 0 aliphatic heterocycles. The molecular formula is C19H9ClNOS+. The Morgan fingerprint density at radius 3 is 3.00 bits per heavy atom. The summed E-state index contributed by atoms with van der Waals surface area (Å²) in [7, 11) is 0. The van der Waals surface area contributed by atoms with Crippen molar-refractivity contribution in [3.8, 4) is 0 Å². The van der Waals surface area contributed by atoms with Crippen LogP contribution in [0.15, 0.2) is 59.1 Å². The minimum atomic E-state index is 0.712. The molecule has 0 radical (unpaired) electrons. The number of furan rings is 1. The summed E-state index contributed by atoms with van der Waals surface area (Å²) in [6, 6.07) is 9.85. The summed E-state index contributed by atoms with van der Waals surface area (Å²) in [5, 5.41) is 3.71. The first kappa shape index (κ1) is 13.0. The van der Waals surface area contributed by atoms with Crippen LogP contribution in [-0.4, -0.2) is 4.98 Å². The van der Waals surface area contributed by atoms with Crippen molar-refractivity contribution in [2.45, 2.75) is 0 Å². The van der Waals surface area contributed by atoms with Crippen molar-refractivity contribution in [1.29, 1.82) is 0 Å². The number of halogens is 1. The average molecular weight is 335 g/mol. The van der Waals surface area contributed by atoms with Gasteiger partial charge in [0, 0.05) is 22.9 Å². The Morgan fingerprint density at radius 1 is 1.17 bits per heavy atom. The van der Waals surface area contributed by atoms with E-state index in [1.54, 1.807) is 11.3 Å². The molecule has 2 nitrogen and oxygen atoms in total. The topological polar surface area (TPSA) is 26.0 Å². The number of rotatable bonds is 1. The predicted molar refractivity (Wildman–Crippen MR) is 96.8 cm³/mol. The van der Waals surface area contributed by atoms with E-state index < -0.39 is 0 Å². The lowest BCUT2D eigenvalue weighted by Gasteiger charge is -1.92. The van der Waals surface area contributed by atoms with Crippen molar-refractivity contribution in [2.24, 2.45) is 0 Å². The summed E-state index contributed by atoms with van der Waals surface area (Å²) in [5.74, 6) is 0. The average Bonchev–Trinajstić information content (AvgIpc) is 3.14. The predicted octanol–water partition coefficient (Wildman–Crippen LogP) is 6.16. The fraction of sp³-hybridized carbons (Fsp3) is 0. The van der Waals surface area contributed by atoms with Gasteiger partial charge in [-0.25, -0.2) is 4.98 Å². The summed E-state index contributed by atoms with van der Waals surface area (Å²) in [6.07, 6.45) is 10.9. The zero-order valence-electron chi connectivity index (χ0n) is 11.8.